The van der Waals surface area contributed by atoms with Crippen molar-refractivity contribution < 1.29 is 62.3 Å². The third-order valence-electron chi connectivity index (χ3n) is 11.6. The average Bonchev–Trinajstić information content (AvgIpc) is 3.49. The highest BCUT2D eigenvalue weighted by atomic mass is 16.5. The minimum absolute atomic E-state index is 0.132. The van der Waals surface area contributed by atoms with Crippen LogP contribution in [0.5, 0.6) is 0 Å². The van der Waals surface area contributed by atoms with Gasteiger partial charge in [-0.1, -0.05) is 181 Å². The van der Waals surface area contributed by atoms with Crippen molar-refractivity contribution in [3.05, 3.63) is 175 Å². The average molecular weight is 1230 g/mol. The number of hydrogen-bond donors (Lipinski definition) is 0. The Morgan fingerprint density at radius 1 is 0.404 bits per heavy atom. The van der Waals surface area contributed by atoms with Crippen molar-refractivity contribution in [2.75, 3.05) is 7.11 Å². The minimum atomic E-state index is -0.426. The lowest BCUT2D eigenvalue weighted by Crippen LogP contribution is -2.00. The Morgan fingerprint density at radius 2 is 0.742 bits per heavy atom. The molecule has 13 nitrogen and oxygen atoms in total. The van der Waals surface area contributed by atoms with Gasteiger partial charge in [0.05, 0.1) is 7.11 Å². The number of methoxy groups -OCH3 is 1. The zero-order valence-electron chi connectivity index (χ0n) is 58.3. The van der Waals surface area contributed by atoms with Crippen molar-refractivity contribution in [1.29, 1.82) is 0 Å². The van der Waals surface area contributed by atoms with Crippen LogP contribution in [0.25, 0.3) is 0 Å². The van der Waals surface area contributed by atoms with Crippen LogP contribution >= 0.6 is 0 Å². The Kier molecular flexibility index (Phi) is 62.3. The van der Waals surface area contributed by atoms with Crippen LogP contribution in [0.15, 0.2) is 103 Å². The minimum Gasteiger partial charge on any atom is -0.471 e. The van der Waals surface area contributed by atoms with Gasteiger partial charge in [0.2, 0.25) is 0 Å². The van der Waals surface area contributed by atoms with E-state index < -0.39 is 5.78 Å². The molecule has 0 saturated carbocycles. The van der Waals surface area contributed by atoms with E-state index in [9.17, 15) is 47.9 Å². The van der Waals surface area contributed by atoms with Gasteiger partial charge in [-0.15, -0.1) is 0 Å². The number of aldehydes is 2. The maximum Gasteiger partial charge on any atom is 0.292 e. The van der Waals surface area contributed by atoms with Crippen molar-refractivity contribution in [1.82, 2.24) is 0 Å². The van der Waals surface area contributed by atoms with E-state index in [4.69, 9.17) is 9.59 Å². The first kappa shape index (κ1) is 92.1. The molecule has 89 heavy (non-hydrogen) atoms. The maximum atomic E-state index is 11.2. The van der Waals surface area contributed by atoms with Gasteiger partial charge in [-0.25, -0.2) is 0 Å². The fraction of sp³-hybridized carbons (Fsp3) is 0.447. The number of rotatable bonds is 19. The predicted molar refractivity (Wildman–Crippen MR) is 366 cm³/mol. The van der Waals surface area contributed by atoms with Crippen molar-refractivity contribution in [3.63, 3.8) is 0 Å². The molecule has 0 heterocycles. The van der Waals surface area contributed by atoms with E-state index in [-0.39, 0.29) is 46.8 Å². The monoisotopic (exact) mass is 1230 g/mol. The first-order valence-corrected chi connectivity index (χ1v) is 30.3. The summed E-state index contributed by atoms with van der Waals surface area (Å²) in [6.07, 6.45) is 15.9. The molecular weight excluding hydrogens is 1120 g/mol. The quantitative estimate of drug-likeness (QED) is 0.0326. The third kappa shape index (κ3) is 61.4. The summed E-state index contributed by atoms with van der Waals surface area (Å²) in [6.45, 7) is 37.2. The van der Waals surface area contributed by atoms with E-state index in [1.165, 1.54) is 124 Å². The summed E-state index contributed by atoms with van der Waals surface area (Å²) in [4.78, 5) is 121. The molecular formula is C76H110O13. The van der Waals surface area contributed by atoms with Gasteiger partial charge in [0.1, 0.15) is 29.4 Å². The van der Waals surface area contributed by atoms with Gasteiger partial charge >= 0.3 is 0 Å². The van der Waals surface area contributed by atoms with Crippen molar-refractivity contribution in [2.24, 2.45) is 0 Å². The number of aryl methyl sites for hydroxylation is 8. The van der Waals surface area contributed by atoms with E-state index in [0.717, 1.165) is 87.6 Å². The van der Waals surface area contributed by atoms with Crippen LogP contribution in [-0.4, -0.2) is 78.2 Å². The molecule has 0 saturated heterocycles. The molecule has 0 radical (unpaired) electrons. The number of benzene rings is 5. The number of carbonyl (C=O) groups is 12. The van der Waals surface area contributed by atoms with Gasteiger partial charge in [0, 0.05) is 41.2 Å². The molecule has 0 unspecified atom stereocenters. The SMILES string of the molecule is CC(=O)C=O.CC(=O)c1c(C)cc(C)cc1C.CC(=O)c1c(C)cccc1C.CC(=O)c1ccccc1C.CC(C)=O.CC(C)=O.CC(C)=O.CCCCCCCCCCCC(C)=O.CCc1ccc(C(C)=O)cc1.CCc1ccc(C=O)cc1.COC=O. The Bertz CT molecular complexity index is 2750. The first-order valence-electron chi connectivity index (χ1n) is 30.3. The molecule has 0 aliphatic carbocycles. The second kappa shape index (κ2) is 60.2. The normalized spacial score (nSPS) is 8.97. The molecule has 0 N–H and O–H groups in total. The van der Waals surface area contributed by atoms with Crippen molar-refractivity contribution in [2.45, 2.75) is 222 Å². The van der Waals surface area contributed by atoms with Gasteiger partial charge < -0.3 is 23.9 Å². The molecule has 0 aliphatic heterocycles. The highest BCUT2D eigenvalue weighted by Gasteiger charge is 2.08. The number of hydrogen-bond acceptors (Lipinski definition) is 13. The maximum absolute atomic E-state index is 11.2. The van der Waals surface area contributed by atoms with Crippen LogP contribution in [0.2, 0.25) is 0 Å². The summed E-state index contributed by atoms with van der Waals surface area (Å²) in [7, 11) is 1.31. The third-order valence-corrected chi connectivity index (χ3v) is 11.6. The summed E-state index contributed by atoms with van der Waals surface area (Å²) < 4.78 is 3.86. The van der Waals surface area contributed by atoms with Gasteiger partial charge in [-0.2, -0.15) is 0 Å². The first-order chi connectivity index (χ1) is 41.6. The summed E-state index contributed by atoms with van der Waals surface area (Å²) in [5, 5.41) is 0. The fourth-order valence-electron chi connectivity index (χ4n) is 7.56. The van der Waals surface area contributed by atoms with E-state index in [2.05, 4.69) is 25.5 Å². The lowest BCUT2D eigenvalue weighted by Gasteiger charge is -2.07. The smallest absolute Gasteiger partial charge is 0.292 e. The summed E-state index contributed by atoms with van der Waals surface area (Å²) >= 11 is 0. The van der Waals surface area contributed by atoms with E-state index >= 15 is 0 Å². The van der Waals surface area contributed by atoms with E-state index in [0.29, 0.717) is 12.3 Å². The molecule has 0 spiro atoms. The number of ketones is 9. The Labute approximate surface area is 536 Å². The van der Waals surface area contributed by atoms with E-state index in [1.807, 2.05) is 145 Å². The van der Waals surface area contributed by atoms with Crippen LogP contribution in [0.1, 0.15) is 264 Å². The second-order valence-electron chi connectivity index (χ2n) is 21.4. The molecule has 492 valence electrons. The zero-order chi connectivity index (χ0) is 70.0. The van der Waals surface area contributed by atoms with Crippen LogP contribution in [0, 0.1) is 41.5 Å². The number of ether oxygens (including phenoxy) is 1. The van der Waals surface area contributed by atoms with Gasteiger partial charge in [-0.3, -0.25) is 38.4 Å². The topological polar surface area (TPSA) is 214 Å². The molecule has 5 rings (SSSR count). The summed E-state index contributed by atoms with van der Waals surface area (Å²) in [6, 6.07) is 33.0. The highest BCUT2D eigenvalue weighted by molar-refractivity contribution is 6.23. The number of unbranched alkanes of at least 4 members (excludes halogenated alkanes) is 8. The number of Topliss-reactive ketones (excluding diaryl/α,β-unsaturated/α-hetero) is 9. The standard InChI is InChI=1S/C13H26O.C11H14O.2C10H12O.2C9H10O.C3H4O2.3C3H6O.C2H4O2/c1-3-4-5-6-7-8-9-10-11-12-13(2)14;1-7-5-8(2)11(10(4)12)9(3)6-7;1-7-5-4-6-8(2)10(7)9(3)11;1-3-9-4-6-10(7-5-9)8(2)11;1-7-5-3-4-6-9(7)8(2)10;1-2-8-3-5-9(7-10)6-4-8;1-3(5)2-4;3*1-3(2)4;1-4-2-3/h3-12H2,1-2H3;5-6H,1-4H3;4-6H,1-3H3;4-7H,3H2,1-2H3;3-6H,1-2H3;3-7H,2H2,1H3;2H,1H3;3*1-2H3;2H,1H3. The predicted octanol–water partition coefficient (Wildman–Crippen LogP) is 17.9. The molecule has 0 atom stereocenters. The molecule has 0 fully saturated rings. The van der Waals surface area contributed by atoms with Gasteiger partial charge in [0.15, 0.2) is 35.2 Å². The van der Waals surface area contributed by atoms with E-state index in [1.54, 1.807) is 34.6 Å². The summed E-state index contributed by atoms with van der Waals surface area (Å²) in [5.41, 5.74) is 13.2. The van der Waals surface area contributed by atoms with Gasteiger partial charge in [-0.05, 0) is 176 Å². The lowest BCUT2D eigenvalue weighted by molar-refractivity contribution is -0.128. The molecule has 0 aromatic heterocycles. The molecule has 5 aromatic carbocycles. The van der Waals surface area contributed by atoms with Gasteiger partial charge in [0.25, 0.3) is 6.47 Å². The second-order valence-corrected chi connectivity index (χ2v) is 21.4. The highest BCUT2D eigenvalue weighted by Crippen LogP contribution is 2.17. The molecule has 5 aromatic rings. The Hall–Kier alpha value is -8.06. The van der Waals surface area contributed by atoms with Crippen LogP contribution in [-0.2, 0) is 51.1 Å². The largest absolute Gasteiger partial charge is 0.471 e. The van der Waals surface area contributed by atoms with Crippen molar-refractivity contribution in [3.8, 4) is 0 Å². The molecule has 0 amide bonds. The molecule has 13 heteroatoms. The molecule has 0 aliphatic rings. The Morgan fingerprint density at radius 3 is 1.01 bits per heavy atom. The number of carbonyl (C=O) groups excluding carboxylic acids is 12. The summed E-state index contributed by atoms with van der Waals surface area (Å²) in [5.74, 6) is 0.995. The Balaban J connectivity index is -0.000000219. The molecule has 0 bridgehead atoms. The van der Waals surface area contributed by atoms with Crippen LogP contribution in [0.3, 0.4) is 0 Å². The van der Waals surface area contributed by atoms with Crippen LogP contribution < -0.4 is 0 Å². The zero-order valence-corrected chi connectivity index (χ0v) is 58.3. The van der Waals surface area contributed by atoms with Crippen LogP contribution in [0.4, 0.5) is 0 Å². The van der Waals surface area contributed by atoms with Crippen molar-refractivity contribution >= 4 is 71.1 Å². The fourth-order valence-corrected chi connectivity index (χ4v) is 7.56. The lowest BCUT2D eigenvalue weighted by atomic mass is 9.97.